The molecule has 0 spiro atoms. The molecule has 2 rings (SSSR count). The molecule has 2 heterocycles. The molecule has 0 fully saturated rings. The molecule has 0 atom stereocenters. The molecule has 0 N–H and O–H groups in total. The molecule has 80 valence electrons. The van der Waals surface area contributed by atoms with Crippen LogP contribution in [0.2, 0.25) is 0 Å². The molecular formula is C10H11Br2N3. The van der Waals surface area contributed by atoms with E-state index < -0.39 is 0 Å². The number of nitrogens with zero attached hydrogens (tertiary/aromatic N) is 3. The maximum atomic E-state index is 4.45. The fourth-order valence-corrected chi connectivity index (χ4v) is 2.19. The average molecular weight is 333 g/mol. The Balaban J connectivity index is 2.79. The highest BCUT2D eigenvalue weighted by Crippen LogP contribution is 2.28. The van der Waals surface area contributed by atoms with Crippen molar-refractivity contribution in [2.24, 2.45) is 0 Å². The Morgan fingerprint density at radius 1 is 1.27 bits per heavy atom. The van der Waals surface area contributed by atoms with E-state index in [1.165, 1.54) is 0 Å². The molecule has 2 aromatic rings. The summed E-state index contributed by atoms with van der Waals surface area (Å²) in [5, 5.41) is 5.48. The smallest absolute Gasteiger partial charge is 0.159 e. The van der Waals surface area contributed by atoms with Crippen molar-refractivity contribution in [3.8, 4) is 0 Å². The molecule has 0 bridgehead atoms. The number of rotatable bonds is 0. The van der Waals surface area contributed by atoms with Crippen LogP contribution in [-0.4, -0.2) is 14.8 Å². The molecule has 0 unspecified atom stereocenters. The van der Waals surface area contributed by atoms with Gasteiger partial charge in [0.1, 0.15) is 4.60 Å². The Labute approximate surface area is 105 Å². The number of pyridine rings is 1. The van der Waals surface area contributed by atoms with Gasteiger partial charge in [-0.1, -0.05) is 0 Å². The molecule has 2 aromatic heterocycles. The largest absolute Gasteiger partial charge is 0.241 e. The van der Waals surface area contributed by atoms with Gasteiger partial charge in [0, 0.05) is 10.7 Å². The highest BCUT2D eigenvalue weighted by atomic mass is 79.9. The third-order valence-electron chi connectivity index (χ3n) is 2.08. The summed E-state index contributed by atoms with van der Waals surface area (Å²) in [6.07, 6.45) is 1.79. The summed E-state index contributed by atoms with van der Waals surface area (Å²) in [6.45, 7) is 6.32. The summed E-state index contributed by atoms with van der Waals surface area (Å²) in [5.41, 5.74) is 0.836. The standard InChI is InChI=1S/C10H11Br2N3/c1-10(2,3)15-9-7(8(12)14-15)4-6(11)5-13-9/h4-5H,1-3H3. The van der Waals surface area contributed by atoms with E-state index in [0.29, 0.717) is 0 Å². The van der Waals surface area contributed by atoms with Gasteiger partial charge in [-0.3, -0.25) is 0 Å². The molecule has 0 amide bonds. The maximum absolute atomic E-state index is 4.45. The van der Waals surface area contributed by atoms with Gasteiger partial charge in [0.05, 0.1) is 10.9 Å². The van der Waals surface area contributed by atoms with Crippen LogP contribution in [0.25, 0.3) is 11.0 Å². The molecule has 0 radical (unpaired) electrons. The third kappa shape index (κ3) is 1.95. The average Bonchev–Trinajstić information content (AvgIpc) is 2.43. The Bertz CT molecular complexity index is 511. The SMILES string of the molecule is CC(C)(C)n1nc(Br)c2cc(Br)cnc21. The quantitative estimate of drug-likeness (QED) is 0.736. The van der Waals surface area contributed by atoms with Gasteiger partial charge in [-0.05, 0) is 58.7 Å². The van der Waals surface area contributed by atoms with Crippen molar-refractivity contribution in [2.45, 2.75) is 26.3 Å². The van der Waals surface area contributed by atoms with Gasteiger partial charge >= 0.3 is 0 Å². The lowest BCUT2D eigenvalue weighted by molar-refractivity contribution is 0.364. The Morgan fingerprint density at radius 2 is 1.93 bits per heavy atom. The second-order valence-corrected chi connectivity index (χ2v) is 6.06. The summed E-state index contributed by atoms with van der Waals surface area (Å²) >= 11 is 6.86. The van der Waals surface area contributed by atoms with Gasteiger partial charge in [0.25, 0.3) is 0 Å². The first-order valence-corrected chi connectivity index (χ1v) is 6.18. The van der Waals surface area contributed by atoms with E-state index in [-0.39, 0.29) is 5.54 Å². The normalized spacial score (nSPS) is 12.3. The van der Waals surface area contributed by atoms with Crippen molar-refractivity contribution in [1.82, 2.24) is 14.8 Å². The monoisotopic (exact) mass is 331 g/mol. The van der Waals surface area contributed by atoms with Crippen LogP contribution < -0.4 is 0 Å². The molecular weight excluding hydrogens is 322 g/mol. The van der Waals surface area contributed by atoms with Gasteiger partial charge in [-0.2, -0.15) is 5.10 Å². The molecule has 0 saturated carbocycles. The minimum absolute atomic E-state index is 0.0644. The van der Waals surface area contributed by atoms with Crippen molar-refractivity contribution < 1.29 is 0 Å². The van der Waals surface area contributed by atoms with Crippen molar-refractivity contribution in [3.63, 3.8) is 0 Å². The van der Waals surface area contributed by atoms with Gasteiger partial charge in [0.2, 0.25) is 0 Å². The van der Waals surface area contributed by atoms with E-state index in [1.807, 2.05) is 10.7 Å². The van der Waals surface area contributed by atoms with Crippen LogP contribution in [0.4, 0.5) is 0 Å². The third-order valence-corrected chi connectivity index (χ3v) is 3.10. The molecule has 0 aliphatic heterocycles. The van der Waals surface area contributed by atoms with Crippen LogP contribution in [-0.2, 0) is 5.54 Å². The first kappa shape index (κ1) is 11.1. The summed E-state index contributed by atoms with van der Waals surface area (Å²) in [6, 6.07) is 2.02. The maximum Gasteiger partial charge on any atom is 0.159 e. The molecule has 15 heavy (non-hydrogen) atoms. The Morgan fingerprint density at radius 3 is 2.53 bits per heavy atom. The zero-order chi connectivity index (χ0) is 11.2. The Kier molecular flexibility index (Phi) is 2.63. The topological polar surface area (TPSA) is 30.7 Å². The number of aromatic nitrogens is 3. The number of fused-ring (bicyclic) bond motifs is 1. The van der Waals surface area contributed by atoms with Crippen LogP contribution in [0.3, 0.4) is 0 Å². The van der Waals surface area contributed by atoms with Gasteiger partial charge in [0.15, 0.2) is 5.65 Å². The Hall–Kier alpha value is -0.420. The van der Waals surface area contributed by atoms with Gasteiger partial charge in [-0.25, -0.2) is 9.67 Å². The molecule has 3 nitrogen and oxygen atoms in total. The minimum Gasteiger partial charge on any atom is -0.241 e. The van der Waals surface area contributed by atoms with E-state index in [0.717, 1.165) is 20.1 Å². The number of hydrogen-bond donors (Lipinski definition) is 0. The van der Waals surface area contributed by atoms with Gasteiger partial charge in [-0.15, -0.1) is 0 Å². The van der Waals surface area contributed by atoms with E-state index in [2.05, 4.69) is 62.7 Å². The van der Waals surface area contributed by atoms with Crippen molar-refractivity contribution in [2.75, 3.05) is 0 Å². The molecule has 0 aliphatic rings. The summed E-state index contributed by atoms with van der Waals surface area (Å²) < 4.78 is 3.73. The van der Waals surface area contributed by atoms with E-state index >= 15 is 0 Å². The lowest BCUT2D eigenvalue weighted by atomic mass is 10.1. The van der Waals surface area contributed by atoms with E-state index in [1.54, 1.807) is 6.20 Å². The molecule has 0 aliphatic carbocycles. The lowest BCUT2D eigenvalue weighted by Crippen LogP contribution is -2.23. The molecule has 5 heteroatoms. The lowest BCUT2D eigenvalue weighted by Gasteiger charge is -2.19. The zero-order valence-electron chi connectivity index (χ0n) is 8.75. The predicted octanol–water partition coefficient (Wildman–Crippen LogP) is 3.71. The van der Waals surface area contributed by atoms with Crippen molar-refractivity contribution in [1.29, 1.82) is 0 Å². The van der Waals surface area contributed by atoms with Crippen LogP contribution in [0.15, 0.2) is 21.3 Å². The van der Waals surface area contributed by atoms with Crippen LogP contribution >= 0.6 is 31.9 Å². The van der Waals surface area contributed by atoms with Crippen molar-refractivity contribution >= 4 is 42.9 Å². The molecule has 0 saturated heterocycles. The first-order valence-electron chi connectivity index (χ1n) is 4.60. The fraction of sp³-hybridized carbons (Fsp3) is 0.400. The van der Waals surface area contributed by atoms with Crippen molar-refractivity contribution in [3.05, 3.63) is 21.3 Å². The highest BCUT2D eigenvalue weighted by molar-refractivity contribution is 9.11. The number of hydrogen-bond acceptors (Lipinski definition) is 2. The zero-order valence-corrected chi connectivity index (χ0v) is 11.9. The fourth-order valence-electron chi connectivity index (χ4n) is 1.41. The highest BCUT2D eigenvalue weighted by Gasteiger charge is 2.20. The second kappa shape index (κ2) is 3.56. The van der Waals surface area contributed by atoms with E-state index in [4.69, 9.17) is 0 Å². The van der Waals surface area contributed by atoms with Crippen LogP contribution in [0.1, 0.15) is 20.8 Å². The second-order valence-electron chi connectivity index (χ2n) is 4.40. The first-order chi connectivity index (χ1) is 6.89. The summed E-state index contributed by atoms with van der Waals surface area (Å²) in [4.78, 5) is 4.39. The van der Waals surface area contributed by atoms with E-state index in [9.17, 15) is 0 Å². The number of halogens is 2. The van der Waals surface area contributed by atoms with Crippen LogP contribution in [0, 0.1) is 0 Å². The van der Waals surface area contributed by atoms with Crippen LogP contribution in [0.5, 0.6) is 0 Å². The van der Waals surface area contributed by atoms with Gasteiger partial charge < -0.3 is 0 Å². The summed E-state index contributed by atoms with van der Waals surface area (Å²) in [7, 11) is 0. The predicted molar refractivity (Wildman–Crippen MR) is 67.9 cm³/mol. The summed E-state index contributed by atoms with van der Waals surface area (Å²) in [5.74, 6) is 0. The minimum atomic E-state index is -0.0644. The molecule has 0 aromatic carbocycles.